The molecule has 0 atom stereocenters. The molecule has 0 N–H and O–H groups in total. The summed E-state index contributed by atoms with van der Waals surface area (Å²) in [5.41, 5.74) is 6.61. The van der Waals surface area contributed by atoms with E-state index in [0.29, 0.717) is 12.8 Å². The molecule has 0 fully saturated rings. The Hall–Kier alpha value is 0.248. The predicted octanol–water partition coefficient (Wildman–Crippen LogP) is 4.84. The van der Waals surface area contributed by atoms with Crippen molar-refractivity contribution in [1.29, 1.82) is 0 Å². The standard InChI is InChI=1S/C22H28O2.2Y/c1-15(2)11-20(23)8-7-19-13-17(5)22(18(6)14-19)10-9-21(24)12-16(3)4;;/h13-14H,7-10H2,1-6H3;;/q-2;;. The molecule has 0 bridgehead atoms. The number of aryl methyl sites for hydroxylation is 3. The summed E-state index contributed by atoms with van der Waals surface area (Å²) in [7, 11) is 0. The summed E-state index contributed by atoms with van der Waals surface area (Å²) >= 11 is 0. The Bertz CT molecular complexity index is 654. The van der Waals surface area contributed by atoms with E-state index < -0.39 is 0 Å². The Labute approximate surface area is 209 Å². The summed E-state index contributed by atoms with van der Waals surface area (Å²) in [6.07, 6.45) is 8.11. The summed E-state index contributed by atoms with van der Waals surface area (Å²) in [6.45, 7) is 11.7. The molecule has 0 heterocycles. The molecule has 2 nitrogen and oxygen atoms in total. The van der Waals surface area contributed by atoms with Gasteiger partial charge in [-0.2, -0.15) is 0 Å². The van der Waals surface area contributed by atoms with E-state index in [0.717, 1.165) is 24.0 Å². The molecule has 0 saturated carbocycles. The van der Waals surface area contributed by atoms with Crippen LogP contribution in [0.15, 0.2) is 23.3 Å². The van der Waals surface area contributed by atoms with Gasteiger partial charge in [0.05, 0.1) is 0 Å². The monoisotopic (exact) mass is 502 g/mol. The Morgan fingerprint density at radius 3 is 1.54 bits per heavy atom. The van der Waals surface area contributed by atoms with Gasteiger partial charge in [-0.1, -0.05) is 39.8 Å². The second-order valence-corrected chi connectivity index (χ2v) is 6.80. The molecule has 1 aromatic carbocycles. The molecule has 0 aliphatic carbocycles. The number of benzene rings is 1. The quantitative estimate of drug-likeness (QED) is 0.377. The summed E-state index contributed by atoms with van der Waals surface area (Å²) < 4.78 is 0. The van der Waals surface area contributed by atoms with Crippen molar-refractivity contribution >= 4 is 11.6 Å². The number of carbonyl (C=O) groups is 2. The number of Topliss-reactive ketones (excluding diaryl/α,β-unsaturated/α-hetero) is 2. The van der Waals surface area contributed by atoms with Crippen molar-refractivity contribution in [2.24, 2.45) is 0 Å². The largest absolute Gasteiger partial charge is 0.428 e. The maximum atomic E-state index is 11.8. The number of hydrogen-bond acceptors (Lipinski definition) is 2. The van der Waals surface area contributed by atoms with Crippen molar-refractivity contribution in [3.63, 3.8) is 0 Å². The van der Waals surface area contributed by atoms with Gasteiger partial charge in [0.25, 0.3) is 0 Å². The zero-order valence-electron chi connectivity index (χ0n) is 17.0. The summed E-state index contributed by atoms with van der Waals surface area (Å²) in [5.74, 6) is 0.109. The summed E-state index contributed by atoms with van der Waals surface area (Å²) in [5, 5.41) is 0. The van der Waals surface area contributed by atoms with E-state index in [2.05, 4.69) is 38.1 Å². The van der Waals surface area contributed by atoms with Crippen LogP contribution in [0.1, 0.15) is 62.8 Å². The maximum absolute atomic E-state index is 11.8. The number of allylic oxidation sites excluding steroid dienone is 4. The maximum Gasteiger partial charge on any atom is 0 e. The van der Waals surface area contributed by atoms with E-state index in [1.54, 1.807) is 0 Å². The third-order valence-electron chi connectivity index (χ3n) is 3.78. The third-order valence-corrected chi connectivity index (χ3v) is 3.78. The SMILES string of the molecule is CC(C)=[C-]C(=O)CCc1cc(C)c(CCC(=O)[C-]=C(C)C)c(C)c1.[Y].[Y]. The van der Waals surface area contributed by atoms with Crippen molar-refractivity contribution in [3.8, 4) is 0 Å². The van der Waals surface area contributed by atoms with Gasteiger partial charge in [0.15, 0.2) is 0 Å². The van der Waals surface area contributed by atoms with Gasteiger partial charge < -0.3 is 21.7 Å². The molecule has 4 heteroatoms. The van der Waals surface area contributed by atoms with E-state index in [1.165, 1.54) is 22.3 Å². The van der Waals surface area contributed by atoms with Crippen LogP contribution in [-0.2, 0) is 87.8 Å². The first-order valence-corrected chi connectivity index (χ1v) is 8.48. The van der Waals surface area contributed by atoms with Crippen LogP contribution in [-0.4, -0.2) is 11.6 Å². The molecule has 0 spiro atoms. The Kier molecular flexibility index (Phi) is 15.6. The molecule has 26 heavy (non-hydrogen) atoms. The predicted molar refractivity (Wildman–Crippen MR) is 98.8 cm³/mol. The van der Waals surface area contributed by atoms with Crippen LogP contribution < -0.4 is 0 Å². The van der Waals surface area contributed by atoms with Crippen molar-refractivity contribution in [3.05, 3.63) is 57.7 Å². The molecule has 1 rings (SSSR count). The molecule has 0 amide bonds. The molecule has 0 aliphatic heterocycles. The minimum Gasteiger partial charge on any atom is -0.428 e. The zero-order valence-corrected chi connectivity index (χ0v) is 22.6. The average Bonchev–Trinajstić information content (AvgIpc) is 2.42. The minimum absolute atomic E-state index is 0. The van der Waals surface area contributed by atoms with Gasteiger partial charge in [0.1, 0.15) is 0 Å². The summed E-state index contributed by atoms with van der Waals surface area (Å²) in [4.78, 5) is 23.6. The van der Waals surface area contributed by atoms with Gasteiger partial charge in [-0.05, 0) is 73.4 Å². The van der Waals surface area contributed by atoms with Crippen molar-refractivity contribution in [2.75, 3.05) is 0 Å². The molecule has 2 radical (unpaired) electrons. The molecule has 0 aromatic heterocycles. The smallest absolute Gasteiger partial charge is 0 e. The number of ketones is 2. The number of hydrogen-bond donors (Lipinski definition) is 0. The number of carbonyl (C=O) groups excluding carboxylic acids is 2. The van der Waals surface area contributed by atoms with Crippen molar-refractivity contribution < 1.29 is 75.0 Å². The first kappa shape index (κ1) is 28.5. The Balaban J connectivity index is 0. The van der Waals surface area contributed by atoms with Gasteiger partial charge in [-0.3, -0.25) is 11.1 Å². The van der Waals surface area contributed by atoms with E-state index >= 15 is 0 Å². The summed E-state index contributed by atoms with van der Waals surface area (Å²) in [6, 6.07) is 4.26. The zero-order chi connectivity index (χ0) is 18.3. The fourth-order valence-electron chi connectivity index (χ4n) is 2.80. The van der Waals surface area contributed by atoms with Crippen LogP contribution in [0.25, 0.3) is 0 Å². The molecule has 0 unspecified atom stereocenters. The number of rotatable bonds is 8. The first-order chi connectivity index (χ1) is 11.2. The van der Waals surface area contributed by atoms with Crippen LogP contribution in [0.2, 0.25) is 0 Å². The van der Waals surface area contributed by atoms with Gasteiger partial charge in [0.2, 0.25) is 0 Å². The van der Waals surface area contributed by atoms with Crippen molar-refractivity contribution in [1.82, 2.24) is 0 Å². The normalized spacial score (nSPS) is 9.46. The Morgan fingerprint density at radius 2 is 1.15 bits per heavy atom. The Morgan fingerprint density at radius 1 is 0.769 bits per heavy atom. The van der Waals surface area contributed by atoms with Gasteiger partial charge >= 0.3 is 0 Å². The van der Waals surface area contributed by atoms with Crippen LogP contribution in [0.4, 0.5) is 0 Å². The van der Waals surface area contributed by atoms with Gasteiger partial charge in [-0.25, -0.2) is 0 Å². The second-order valence-electron chi connectivity index (χ2n) is 6.80. The molecular formula is C22H28O2Y2-2. The second kappa shape index (κ2) is 14.3. The van der Waals surface area contributed by atoms with Crippen LogP contribution >= 0.6 is 0 Å². The van der Waals surface area contributed by atoms with Crippen LogP contribution in [0, 0.1) is 26.0 Å². The molecule has 0 aliphatic rings. The molecular weight excluding hydrogens is 474 g/mol. The van der Waals surface area contributed by atoms with E-state index in [9.17, 15) is 9.59 Å². The van der Waals surface area contributed by atoms with Crippen LogP contribution in [0.3, 0.4) is 0 Å². The van der Waals surface area contributed by atoms with Gasteiger partial charge in [0, 0.05) is 65.4 Å². The van der Waals surface area contributed by atoms with E-state index in [-0.39, 0.29) is 77.0 Å². The molecule has 136 valence electrons. The fraction of sp³-hybridized carbons (Fsp3) is 0.455. The van der Waals surface area contributed by atoms with Gasteiger partial charge in [-0.15, -0.1) is 0 Å². The first-order valence-electron chi connectivity index (χ1n) is 8.48. The average molecular weight is 502 g/mol. The minimum atomic E-state index is 0. The third kappa shape index (κ3) is 11.2. The fourth-order valence-corrected chi connectivity index (χ4v) is 2.80. The topological polar surface area (TPSA) is 34.1 Å². The van der Waals surface area contributed by atoms with Crippen LogP contribution in [0.5, 0.6) is 0 Å². The van der Waals surface area contributed by atoms with Crippen molar-refractivity contribution in [2.45, 2.75) is 67.2 Å². The van der Waals surface area contributed by atoms with E-state index in [4.69, 9.17) is 0 Å². The molecule has 1 aromatic rings. The molecule has 0 saturated heterocycles. The van der Waals surface area contributed by atoms with E-state index in [1.807, 2.05) is 27.7 Å².